The number of anilines is 3. The molecule has 5 aliphatic rings. The van der Waals surface area contributed by atoms with Gasteiger partial charge in [0.25, 0.3) is 11.8 Å². The summed E-state index contributed by atoms with van der Waals surface area (Å²) >= 11 is 1.29. The van der Waals surface area contributed by atoms with Crippen molar-refractivity contribution in [2.75, 3.05) is 34.8 Å². The Kier molecular flexibility index (Phi) is 8.85. The van der Waals surface area contributed by atoms with E-state index in [4.69, 9.17) is 0 Å². The number of carbonyl (C=O) groups is 4. The Morgan fingerprint density at radius 3 is 2.54 bits per heavy atom. The Morgan fingerprint density at radius 2 is 1.77 bits per heavy atom. The molecule has 0 saturated carbocycles. The van der Waals surface area contributed by atoms with Crippen molar-refractivity contribution in [3.05, 3.63) is 112 Å². The molecule has 290 valence electrons. The molecule has 3 saturated heterocycles. The smallest absolute Gasteiger partial charge is 0.328 e. The van der Waals surface area contributed by atoms with Gasteiger partial charge < -0.3 is 14.4 Å². The number of hydrogen-bond donors (Lipinski definition) is 2. The predicted molar refractivity (Wildman–Crippen MR) is 212 cm³/mol. The van der Waals surface area contributed by atoms with Gasteiger partial charge in [-0.15, -0.1) is 11.3 Å². The van der Waals surface area contributed by atoms with E-state index in [0.717, 1.165) is 80.1 Å². The number of fused-ring (bicyclic) bond motifs is 4. The maximum Gasteiger partial charge on any atom is 0.328 e. The first kappa shape index (κ1) is 35.5. The lowest BCUT2D eigenvalue weighted by Gasteiger charge is -2.42. The quantitative estimate of drug-likeness (QED) is 0.194. The number of urea groups is 1. The minimum Gasteiger partial charge on any atom is -0.368 e. The summed E-state index contributed by atoms with van der Waals surface area (Å²) in [6.45, 7) is 3.67. The normalized spacial score (nSPS) is 20.9. The Bertz CT molecular complexity index is 2400. The number of aryl methyl sites for hydroxylation is 1. The third-order valence-corrected chi connectivity index (χ3v) is 12.8. The molecule has 5 amide bonds. The summed E-state index contributed by atoms with van der Waals surface area (Å²) in [5, 5.41) is 7.44. The molecule has 57 heavy (non-hydrogen) atoms. The third-order valence-electron chi connectivity index (χ3n) is 12.1. The first-order valence-corrected chi connectivity index (χ1v) is 20.3. The molecule has 10 rings (SSSR count). The van der Waals surface area contributed by atoms with E-state index in [2.05, 4.69) is 54.7 Å². The number of imide groups is 1. The van der Waals surface area contributed by atoms with Crippen molar-refractivity contribution in [1.29, 1.82) is 0 Å². The van der Waals surface area contributed by atoms with Crippen LogP contribution in [0, 0.1) is 5.82 Å². The van der Waals surface area contributed by atoms with Crippen molar-refractivity contribution in [2.24, 2.45) is 0 Å². The molecular formula is C42H40FN9O4S. The highest BCUT2D eigenvalue weighted by molar-refractivity contribution is 7.13. The van der Waals surface area contributed by atoms with Gasteiger partial charge in [0.05, 0.1) is 18.6 Å². The van der Waals surface area contributed by atoms with E-state index in [1.54, 1.807) is 28.9 Å². The molecule has 5 aliphatic heterocycles. The van der Waals surface area contributed by atoms with Crippen molar-refractivity contribution in [3.63, 3.8) is 0 Å². The molecule has 7 heterocycles. The number of halogens is 1. The van der Waals surface area contributed by atoms with Gasteiger partial charge in [-0.25, -0.2) is 19.2 Å². The number of nitrogens with zero attached hydrogens (tertiary/aromatic N) is 7. The molecule has 13 nitrogen and oxygen atoms in total. The molecule has 5 aromatic rings. The second-order valence-electron chi connectivity index (χ2n) is 15.5. The van der Waals surface area contributed by atoms with Crippen LogP contribution in [0.25, 0.3) is 11.1 Å². The van der Waals surface area contributed by atoms with Gasteiger partial charge in [-0.1, -0.05) is 24.3 Å². The zero-order valence-corrected chi connectivity index (χ0v) is 31.9. The van der Waals surface area contributed by atoms with Crippen molar-refractivity contribution < 1.29 is 23.6 Å². The van der Waals surface area contributed by atoms with E-state index in [-0.39, 0.29) is 36.0 Å². The number of imidazole rings is 1. The zero-order valence-electron chi connectivity index (χ0n) is 31.1. The minimum absolute atomic E-state index is 0.0427. The lowest BCUT2D eigenvalue weighted by molar-refractivity contribution is -0.121. The fourth-order valence-corrected chi connectivity index (χ4v) is 9.87. The SMILES string of the molecule is O=C1CCN(c2cccc(CN3C4CCC3CN(c3ccc(-c5cc(F)c6c(c5)C(=O)N(C(C(=O)Nc5nccs5)c5ncn7c5CCC7)C6)cc3)C4)c2)C(=O)N1. The van der Waals surface area contributed by atoms with E-state index in [0.29, 0.717) is 35.0 Å². The van der Waals surface area contributed by atoms with Crippen LogP contribution in [0.2, 0.25) is 0 Å². The van der Waals surface area contributed by atoms with Crippen LogP contribution in [0.1, 0.15) is 64.6 Å². The predicted octanol–water partition coefficient (Wildman–Crippen LogP) is 5.73. The van der Waals surface area contributed by atoms with E-state index in [9.17, 15) is 19.2 Å². The van der Waals surface area contributed by atoms with Crippen LogP contribution >= 0.6 is 11.3 Å². The fraction of sp³-hybridized carbons (Fsp3) is 0.333. The largest absolute Gasteiger partial charge is 0.368 e. The van der Waals surface area contributed by atoms with E-state index in [1.807, 2.05) is 28.8 Å². The van der Waals surface area contributed by atoms with Crippen LogP contribution < -0.4 is 20.4 Å². The highest BCUT2D eigenvalue weighted by Crippen LogP contribution is 2.39. The summed E-state index contributed by atoms with van der Waals surface area (Å²) in [4.78, 5) is 69.0. The molecule has 3 atom stereocenters. The Balaban J connectivity index is 0.840. The Hall–Kier alpha value is -5.93. The van der Waals surface area contributed by atoms with Crippen molar-refractivity contribution in [3.8, 4) is 11.1 Å². The number of nitrogens with one attached hydrogen (secondary N) is 2. The number of rotatable bonds is 9. The molecule has 0 radical (unpaired) electrons. The van der Waals surface area contributed by atoms with Gasteiger partial charge in [-0.3, -0.25) is 34.8 Å². The van der Waals surface area contributed by atoms with Crippen molar-refractivity contribution in [2.45, 2.75) is 69.9 Å². The average molecular weight is 786 g/mol. The van der Waals surface area contributed by atoms with E-state index in [1.165, 1.54) is 22.3 Å². The molecule has 2 N–H and O–H groups in total. The molecule has 2 bridgehead atoms. The van der Waals surface area contributed by atoms with Crippen LogP contribution in [0.15, 0.2) is 78.6 Å². The molecular weight excluding hydrogens is 746 g/mol. The molecule has 3 fully saturated rings. The van der Waals surface area contributed by atoms with Crippen LogP contribution in [-0.2, 0) is 35.6 Å². The monoisotopic (exact) mass is 785 g/mol. The second kappa shape index (κ2) is 14.2. The third kappa shape index (κ3) is 6.44. The van der Waals surface area contributed by atoms with Crippen LogP contribution in [-0.4, -0.2) is 79.8 Å². The van der Waals surface area contributed by atoms with E-state index >= 15 is 4.39 Å². The lowest BCUT2D eigenvalue weighted by atomic mass is 9.99. The van der Waals surface area contributed by atoms with Gasteiger partial charge in [0.1, 0.15) is 5.82 Å². The molecule has 0 aliphatic carbocycles. The van der Waals surface area contributed by atoms with Crippen LogP contribution in [0.4, 0.5) is 25.7 Å². The highest BCUT2D eigenvalue weighted by Gasteiger charge is 2.43. The molecule has 15 heteroatoms. The maximum atomic E-state index is 16.0. The first-order valence-electron chi connectivity index (χ1n) is 19.5. The fourth-order valence-electron chi connectivity index (χ4n) is 9.33. The minimum atomic E-state index is -1.04. The standard InChI is InChI=1S/C42H40FN9O4S/c43-34-19-27(18-32-33(34)23-52(40(32)55)38(39(54)47-41-44-13-16-57-41)37-35-5-2-14-48(35)24-45-37)26-6-8-28(9-7-26)49-21-30-10-11-31(22-49)51(30)20-25-3-1-4-29(17-25)50-15-12-36(53)46-42(50)56/h1,3-4,6-9,13,16-19,24,30-31,38H,2,5,10-12,14-15,20-23H2,(H,44,47,54)(H,46,53,56). The summed E-state index contributed by atoms with van der Waals surface area (Å²) in [7, 11) is 0. The van der Waals surface area contributed by atoms with Gasteiger partial charge in [0, 0.05) is 91.0 Å². The summed E-state index contributed by atoms with van der Waals surface area (Å²) in [6.07, 6.45) is 7.49. The van der Waals surface area contributed by atoms with Gasteiger partial charge in [0.2, 0.25) is 5.91 Å². The van der Waals surface area contributed by atoms with Crippen LogP contribution in [0.3, 0.4) is 0 Å². The summed E-state index contributed by atoms with van der Waals surface area (Å²) in [5.74, 6) is -1.56. The summed E-state index contributed by atoms with van der Waals surface area (Å²) < 4.78 is 18.0. The number of benzene rings is 3. The summed E-state index contributed by atoms with van der Waals surface area (Å²) in [6, 6.07) is 18.7. The van der Waals surface area contributed by atoms with Crippen molar-refractivity contribution in [1.82, 2.24) is 29.7 Å². The molecule has 2 aromatic heterocycles. The van der Waals surface area contributed by atoms with Crippen LogP contribution in [0.5, 0.6) is 0 Å². The second-order valence-corrected chi connectivity index (χ2v) is 16.3. The number of amides is 5. The van der Waals surface area contributed by atoms with Gasteiger partial charge >= 0.3 is 6.03 Å². The molecule has 0 spiro atoms. The Morgan fingerprint density at radius 1 is 0.947 bits per heavy atom. The van der Waals surface area contributed by atoms with Gasteiger partial charge in [-0.2, -0.15) is 0 Å². The number of thiazole rings is 1. The topological polar surface area (TPSA) is 136 Å². The molecule has 3 aromatic carbocycles. The van der Waals surface area contributed by atoms with E-state index < -0.39 is 23.7 Å². The highest BCUT2D eigenvalue weighted by atomic mass is 32.1. The average Bonchev–Trinajstić information content (AvgIpc) is 4.05. The van der Waals surface area contributed by atoms with Gasteiger partial charge in [-0.05, 0) is 78.8 Å². The van der Waals surface area contributed by atoms with Gasteiger partial charge in [0.15, 0.2) is 11.2 Å². The molecule has 3 unspecified atom stereocenters. The zero-order chi connectivity index (χ0) is 38.8. The first-order chi connectivity index (χ1) is 27.8. The lowest BCUT2D eigenvalue weighted by Crippen LogP contribution is -2.53. The summed E-state index contributed by atoms with van der Waals surface area (Å²) in [5.41, 5.74) is 6.38. The van der Waals surface area contributed by atoms with Crippen molar-refractivity contribution >= 4 is 51.6 Å². The maximum absolute atomic E-state index is 16.0. The Labute approximate surface area is 332 Å². The number of piperazine rings is 1. The number of carbonyl (C=O) groups excluding carboxylic acids is 4. The number of hydrogen-bond acceptors (Lipinski definition) is 9. The number of aromatic nitrogens is 3.